The Balaban J connectivity index is 0.00000261. The van der Waals surface area contributed by atoms with E-state index in [0.29, 0.717) is 6.54 Å². The Morgan fingerprint density at radius 2 is 1.93 bits per heavy atom. The quantitative estimate of drug-likeness (QED) is 0.763. The number of rotatable bonds is 6. The number of methoxy groups -OCH3 is 1. The second-order valence-corrected chi connectivity index (χ2v) is 8.02. The number of nitrogens with one attached hydrogen (secondary N) is 1. The summed E-state index contributed by atoms with van der Waals surface area (Å²) in [6, 6.07) is 5.82. The standard InChI is InChI=1S/C21H32N2O3.ClH/c1-21(22)12-6-5-9-18(21)20(24)23-14-15-10-11-17(25-2)13-19(15)26-16-7-3-4-8-16;/h10-11,13,16,18H,3-9,12,14,22H2,1-2H3,(H,23,24);1H. The summed E-state index contributed by atoms with van der Waals surface area (Å²) in [4.78, 5) is 12.7. The molecule has 0 aromatic heterocycles. The molecule has 1 aromatic rings. The average Bonchev–Trinajstić information content (AvgIpc) is 3.13. The van der Waals surface area contributed by atoms with Crippen molar-refractivity contribution in [3.63, 3.8) is 0 Å². The number of hydrogen-bond donors (Lipinski definition) is 2. The molecule has 1 aromatic carbocycles. The van der Waals surface area contributed by atoms with Crippen LogP contribution in [0, 0.1) is 5.92 Å². The van der Waals surface area contributed by atoms with E-state index in [2.05, 4.69) is 5.32 Å². The highest BCUT2D eigenvalue weighted by molar-refractivity contribution is 5.85. The normalized spacial score (nSPS) is 25.5. The zero-order chi connectivity index (χ0) is 18.6. The van der Waals surface area contributed by atoms with E-state index < -0.39 is 5.54 Å². The van der Waals surface area contributed by atoms with Gasteiger partial charge in [-0.05, 0) is 57.6 Å². The Labute approximate surface area is 168 Å². The Hall–Kier alpha value is -1.46. The lowest BCUT2D eigenvalue weighted by Gasteiger charge is -2.37. The molecule has 5 nitrogen and oxygen atoms in total. The summed E-state index contributed by atoms with van der Waals surface area (Å²) in [5.41, 5.74) is 6.94. The van der Waals surface area contributed by atoms with Crippen molar-refractivity contribution >= 4 is 18.3 Å². The molecule has 3 N–H and O–H groups in total. The van der Waals surface area contributed by atoms with E-state index in [9.17, 15) is 4.79 Å². The maximum atomic E-state index is 12.7. The van der Waals surface area contributed by atoms with Crippen LogP contribution < -0.4 is 20.5 Å². The number of nitrogens with two attached hydrogens (primary N) is 1. The molecule has 6 heteroatoms. The predicted octanol–water partition coefficient (Wildman–Crippen LogP) is 3.96. The number of ether oxygens (including phenoxy) is 2. The van der Waals surface area contributed by atoms with Crippen molar-refractivity contribution < 1.29 is 14.3 Å². The van der Waals surface area contributed by atoms with E-state index in [1.165, 1.54) is 12.8 Å². The van der Waals surface area contributed by atoms with Gasteiger partial charge in [-0.15, -0.1) is 12.4 Å². The van der Waals surface area contributed by atoms with Gasteiger partial charge in [0.25, 0.3) is 0 Å². The predicted molar refractivity (Wildman–Crippen MR) is 110 cm³/mol. The van der Waals surface area contributed by atoms with E-state index >= 15 is 0 Å². The van der Waals surface area contributed by atoms with Crippen LogP contribution >= 0.6 is 12.4 Å². The molecule has 0 saturated heterocycles. The first-order valence-electron chi connectivity index (χ1n) is 9.90. The van der Waals surface area contributed by atoms with Gasteiger partial charge in [0.15, 0.2) is 0 Å². The van der Waals surface area contributed by atoms with Crippen LogP contribution in [0.2, 0.25) is 0 Å². The van der Waals surface area contributed by atoms with Crippen molar-refractivity contribution in [1.29, 1.82) is 0 Å². The number of hydrogen-bond acceptors (Lipinski definition) is 4. The van der Waals surface area contributed by atoms with Crippen molar-refractivity contribution in [3.8, 4) is 11.5 Å². The SMILES string of the molecule is COc1ccc(CNC(=O)C2CCCCC2(C)N)c(OC2CCCC2)c1.Cl. The van der Waals surface area contributed by atoms with Crippen molar-refractivity contribution in [3.05, 3.63) is 23.8 Å². The molecule has 0 bridgehead atoms. The third-order valence-corrected chi connectivity index (χ3v) is 5.89. The highest BCUT2D eigenvalue weighted by Crippen LogP contribution is 2.33. The zero-order valence-electron chi connectivity index (χ0n) is 16.5. The monoisotopic (exact) mass is 396 g/mol. The van der Waals surface area contributed by atoms with Gasteiger partial charge in [0.2, 0.25) is 5.91 Å². The molecule has 3 rings (SSSR count). The van der Waals surface area contributed by atoms with Crippen LogP contribution in [0.25, 0.3) is 0 Å². The maximum absolute atomic E-state index is 12.7. The molecule has 2 atom stereocenters. The van der Waals surface area contributed by atoms with Gasteiger partial charge in [-0.3, -0.25) is 4.79 Å². The number of benzene rings is 1. The average molecular weight is 397 g/mol. The minimum atomic E-state index is -0.411. The molecule has 0 radical (unpaired) electrons. The van der Waals surface area contributed by atoms with Gasteiger partial charge in [0.05, 0.1) is 19.1 Å². The van der Waals surface area contributed by atoms with Crippen LogP contribution in [-0.4, -0.2) is 24.7 Å². The number of carbonyl (C=O) groups is 1. The highest BCUT2D eigenvalue weighted by Gasteiger charge is 2.37. The van der Waals surface area contributed by atoms with Crippen LogP contribution in [0.4, 0.5) is 0 Å². The first-order chi connectivity index (χ1) is 12.5. The molecule has 27 heavy (non-hydrogen) atoms. The molecule has 2 unspecified atom stereocenters. The number of carbonyl (C=O) groups excluding carboxylic acids is 1. The van der Waals surface area contributed by atoms with E-state index in [1.54, 1.807) is 7.11 Å². The first kappa shape index (κ1) is 21.8. The van der Waals surface area contributed by atoms with Gasteiger partial charge in [0.1, 0.15) is 11.5 Å². The third kappa shape index (κ3) is 5.52. The smallest absolute Gasteiger partial charge is 0.225 e. The lowest BCUT2D eigenvalue weighted by molar-refractivity contribution is -0.128. The summed E-state index contributed by atoms with van der Waals surface area (Å²) in [5.74, 6) is 1.52. The van der Waals surface area contributed by atoms with Crippen LogP contribution in [-0.2, 0) is 11.3 Å². The van der Waals surface area contributed by atoms with Crippen LogP contribution in [0.5, 0.6) is 11.5 Å². The Morgan fingerprint density at radius 3 is 2.59 bits per heavy atom. The van der Waals surface area contributed by atoms with E-state index in [1.807, 2.05) is 25.1 Å². The summed E-state index contributed by atoms with van der Waals surface area (Å²) in [6.07, 6.45) is 8.85. The second-order valence-electron chi connectivity index (χ2n) is 8.02. The minimum absolute atomic E-state index is 0. The van der Waals surface area contributed by atoms with E-state index in [0.717, 1.165) is 55.6 Å². The van der Waals surface area contributed by atoms with Gasteiger partial charge >= 0.3 is 0 Å². The summed E-state index contributed by atoms with van der Waals surface area (Å²) < 4.78 is 11.6. The molecule has 2 aliphatic rings. The van der Waals surface area contributed by atoms with Crippen molar-refractivity contribution in [2.24, 2.45) is 11.7 Å². The van der Waals surface area contributed by atoms with Gasteiger partial charge in [-0.2, -0.15) is 0 Å². The van der Waals surface area contributed by atoms with Crippen LogP contribution in [0.1, 0.15) is 63.9 Å². The molecular weight excluding hydrogens is 364 g/mol. The summed E-state index contributed by atoms with van der Waals surface area (Å²) in [5, 5.41) is 3.09. The second kappa shape index (κ2) is 9.65. The molecular formula is C21H33ClN2O3. The molecule has 0 spiro atoms. The van der Waals surface area contributed by atoms with Gasteiger partial charge in [-0.1, -0.05) is 12.8 Å². The van der Waals surface area contributed by atoms with Crippen LogP contribution in [0.3, 0.4) is 0 Å². The van der Waals surface area contributed by atoms with Gasteiger partial charge < -0.3 is 20.5 Å². The fourth-order valence-corrected chi connectivity index (χ4v) is 4.20. The maximum Gasteiger partial charge on any atom is 0.225 e. The van der Waals surface area contributed by atoms with Crippen molar-refractivity contribution in [2.75, 3.05) is 7.11 Å². The number of halogens is 1. The topological polar surface area (TPSA) is 73.6 Å². The van der Waals surface area contributed by atoms with Gasteiger partial charge in [-0.25, -0.2) is 0 Å². The molecule has 2 aliphatic carbocycles. The summed E-state index contributed by atoms with van der Waals surface area (Å²) >= 11 is 0. The minimum Gasteiger partial charge on any atom is -0.497 e. The largest absolute Gasteiger partial charge is 0.497 e. The Bertz CT molecular complexity index is 630. The van der Waals surface area contributed by atoms with Crippen LogP contribution in [0.15, 0.2) is 18.2 Å². The molecule has 0 heterocycles. The zero-order valence-corrected chi connectivity index (χ0v) is 17.3. The fourth-order valence-electron chi connectivity index (χ4n) is 4.20. The summed E-state index contributed by atoms with van der Waals surface area (Å²) in [6.45, 7) is 2.45. The molecule has 1 amide bonds. The molecule has 0 aliphatic heterocycles. The van der Waals surface area contributed by atoms with E-state index in [4.69, 9.17) is 15.2 Å². The lowest BCUT2D eigenvalue weighted by Crippen LogP contribution is -2.52. The van der Waals surface area contributed by atoms with Crippen molar-refractivity contribution in [2.45, 2.75) is 76.5 Å². The molecule has 152 valence electrons. The van der Waals surface area contributed by atoms with E-state index in [-0.39, 0.29) is 30.3 Å². The Kier molecular flexibility index (Phi) is 7.80. The fraction of sp³-hybridized carbons (Fsp3) is 0.667. The van der Waals surface area contributed by atoms with Crippen molar-refractivity contribution in [1.82, 2.24) is 5.32 Å². The summed E-state index contributed by atoms with van der Waals surface area (Å²) in [7, 11) is 1.65. The Morgan fingerprint density at radius 1 is 1.22 bits per heavy atom. The third-order valence-electron chi connectivity index (χ3n) is 5.89. The van der Waals surface area contributed by atoms with Gasteiger partial charge in [0, 0.05) is 23.7 Å². The molecule has 2 fully saturated rings. The first-order valence-corrected chi connectivity index (χ1v) is 9.90. The highest BCUT2D eigenvalue weighted by atomic mass is 35.5. The molecule has 2 saturated carbocycles. The lowest BCUT2D eigenvalue weighted by atomic mass is 9.74. The number of amides is 1.